The minimum Gasteiger partial charge on any atom is -0.247 e. The Labute approximate surface area is 123 Å². The summed E-state index contributed by atoms with van der Waals surface area (Å²) in [4.78, 5) is 3.32. The quantitative estimate of drug-likeness (QED) is 0.809. The van der Waals surface area contributed by atoms with Gasteiger partial charge in [-0.1, -0.05) is 28.1 Å². The van der Waals surface area contributed by atoms with Crippen LogP contribution in [0, 0.1) is 0 Å². The third kappa shape index (κ3) is 4.06. The molecule has 0 bridgehead atoms. The maximum Gasteiger partial charge on any atom is 0.334 e. The number of aromatic nitrogens is 3. The molecule has 108 valence electrons. The molecular formula is C13H13BrF3N3. The smallest absolute Gasteiger partial charge is 0.247 e. The molecule has 0 amide bonds. The van der Waals surface area contributed by atoms with Gasteiger partial charge in [0.15, 0.2) is 0 Å². The summed E-state index contributed by atoms with van der Waals surface area (Å²) in [6, 6.07) is 8.15. The van der Waals surface area contributed by atoms with E-state index >= 15 is 0 Å². The Morgan fingerprint density at radius 2 is 2.05 bits per heavy atom. The molecule has 0 spiro atoms. The van der Waals surface area contributed by atoms with Crippen molar-refractivity contribution in [2.45, 2.75) is 31.5 Å². The van der Waals surface area contributed by atoms with Gasteiger partial charge in [-0.25, -0.2) is 9.37 Å². The van der Waals surface area contributed by atoms with Crippen LogP contribution in [0.25, 0.3) is 0 Å². The first kappa shape index (κ1) is 15.0. The highest BCUT2D eigenvalue weighted by Crippen LogP contribution is 2.39. The van der Waals surface area contributed by atoms with Gasteiger partial charge >= 0.3 is 6.55 Å². The lowest BCUT2D eigenvalue weighted by Crippen LogP contribution is -2.22. The Morgan fingerprint density at radius 3 is 2.50 bits per heavy atom. The van der Waals surface area contributed by atoms with E-state index in [0.29, 0.717) is 23.4 Å². The van der Waals surface area contributed by atoms with Crippen molar-refractivity contribution in [3.05, 3.63) is 47.0 Å². The highest BCUT2D eigenvalue weighted by atomic mass is 79.9. The van der Waals surface area contributed by atoms with Gasteiger partial charge in [-0.15, -0.1) is 0 Å². The normalized spacial score (nSPS) is 21.1. The average molecular weight is 348 g/mol. The number of hydrogen-bond donors (Lipinski definition) is 0. The zero-order valence-corrected chi connectivity index (χ0v) is 12.0. The summed E-state index contributed by atoms with van der Waals surface area (Å²) in [6.45, 7) is -2.57. The molecule has 1 aromatic heterocycles. The standard InChI is InChI=1S/C10H10BrF.C3H3F2N3/c11-9-3-1-2-7(4-9)8-5-10(12)6-8;4-3(5)8-2-6-1-7-8/h1-4,8,10H,5-6H2;1-3H. The predicted molar refractivity (Wildman–Crippen MR) is 72.3 cm³/mol. The second-order valence-corrected chi connectivity index (χ2v) is 5.39. The van der Waals surface area contributed by atoms with E-state index in [-0.39, 0.29) is 0 Å². The molecule has 3 rings (SSSR count). The van der Waals surface area contributed by atoms with Crippen LogP contribution in [0.4, 0.5) is 13.2 Å². The number of halogens is 4. The van der Waals surface area contributed by atoms with Gasteiger partial charge in [0, 0.05) is 4.47 Å². The first-order valence-corrected chi connectivity index (χ1v) is 6.87. The molecule has 1 fully saturated rings. The van der Waals surface area contributed by atoms with Crippen molar-refractivity contribution in [2.75, 3.05) is 0 Å². The second kappa shape index (κ2) is 6.88. The zero-order chi connectivity index (χ0) is 14.5. The van der Waals surface area contributed by atoms with E-state index in [4.69, 9.17) is 0 Å². The van der Waals surface area contributed by atoms with Crippen molar-refractivity contribution in [3.63, 3.8) is 0 Å². The van der Waals surface area contributed by atoms with Gasteiger partial charge in [-0.05, 0) is 36.5 Å². The van der Waals surface area contributed by atoms with Crippen LogP contribution in [-0.2, 0) is 0 Å². The van der Waals surface area contributed by atoms with Crippen molar-refractivity contribution in [2.24, 2.45) is 0 Å². The summed E-state index contributed by atoms with van der Waals surface area (Å²) in [5.74, 6) is 0.456. The lowest BCUT2D eigenvalue weighted by molar-refractivity contribution is 0.0562. The van der Waals surface area contributed by atoms with Gasteiger partial charge in [0.2, 0.25) is 0 Å². The van der Waals surface area contributed by atoms with Crippen molar-refractivity contribution < 1.29 is 13.2 Å². The third-order valence-corrected chi connectivity index (χ3v) is 3.53. The summed E-state index contributed by atoms with van der Waals surface area (Å²) in [7, 11) is 0. The molecule has 1 heterocycles. The molecule has 1 aliphatic rings. The molecule has 7 heteroatoms. The van der Waals surface area contributed by atoms with Gasteiger partial charge in [0.05, 0.1) is 0 Å². The van der Waals surface area contributed by atoms with Crippen LogP contribution in [0.5, 0.6) is 0 Å². The lowest BCUT2D eigenvalue weighted by Gasteiger charge is -2.29. The monoisotopic (exact) mass is 347 g/mol. The molecule has 0 aliphatic heterocycles. The third-order valence-electron chi connectivity index (χ3n) is 3.04. The van der Waals surface area contributed by atoms with E-state index in [1.54, 1.807) is 0 Å². The van der Waals surface area contributed by atoms with E-state index in [1.165, 1.54) is 5.56 Å². The van der Waals surface area contributed by atoms with Gasteiger partial charge in [-0.3, -0.25) is 0 Å². The first-order valence-electron chi connectivity index (χ1n) is 6.08. The minimum atomic E-state index is -2.57. The molecular weight excluding hydrogens is 335 g/mol. The highest BCUT2D eigenvalue weighted by Gasteiger charge is 2.29. The fourth-order valence-electron chi connectivity index (χ4n) is 1.90. The number of benzene rings is 1. The minimum absolute atomic E-state index is 0.456. The van der Waals surface area contributed by atoms with Crippen molar-refractivity contribution >= 4 is 15.9 Å². The Bertz CT molecular complexity index is 527. The van der Waals surface area contributed by atoms with Gasteiger partial charge in [0.1, 0.15) is 18.8 Å². The van der Waals surface area contributed by atoms with Crippen molar-refractivity contribution in [3.8, 4) is 0 Å². The van der Waals surface area contributed by atoms with E-state index in [0.717, 1.165) is 17.1 Å². The van der Waals surface area contributed by atoms with Crippen LogP contribution in [0.1, 0.15) is 30.9 Å². The molecule has 0 saturated heterocycles. The Hall–Kier alpha value is -1.37. The predicted octanol–water partition coefficient (Wildman–Crippen LogP) is 4.34. The molecule has 0 atom stereocenters. The molecule has 0 radical (unpaired) electrons. The molecule has 1 saturated carbocycles. The Balaban J connectivity index is 0.000000160. The van der Waals surface area contributed by atoms with Crippen LogP contribution < -0.4 is 0 Å². The van der Waals surface area contributed by atoms with Crippen LogP contribution in [0.3, 0.4) is 0 Å². The van der Waals surface area contributed by atoms with Crippen LogP contribution in [-0.4, -0.2) is 20.9 Å². The molecule has 1 aromatic carbocycles. The summed E-state index contributed by atoms with van der Waals surface area (Å²) >= 11 is 3.41. The number of nitrogens with zero attached hydrogens (tertiary/aromatic N) is 3. The van der Waals surface area contributed by atoms with E-state index in [2.05, 4.69) is 38.1 Å². The maximum atomic E-state index is 12.5. The number of alkyl halides is 3. The summed E-state index contributed by atoms with van der Waals surface area (Å²) < 4.78 is 37.0. The molecule has 3 nitrogen and oxygen atoms in total. The molecule has 2 aromatic rings. The van der Waals surface area contributed by atoms with Crippen LogP contribution >= 0.6 is 15.9 Å². The SMILES string of the molecule is FC(F)n1cncn1.FC1CC(c2cccc(Br)c2)C1. The molecule has 0 N–H and O–H groups in total. The zero-order valence-electron chi connectivity index (χ0n) is 10.5. The lowest BCUT2D eigenvalue weighted by atomic mass is 9.78. The average Bonchev–Trinajstić information content (AvgIpc) is 2.90. The molecule has 1 aliphatic carbocycles. The number of rotatable bonds is 2. The van der Waals surface area contributed by atoms with Crippen molar-refractivity contribution in [1.29, 1.82) is 0 Å². The van der Waals surface area contributed by atoms with Crippen LogP contribution in [0.2, 0.25) is 0 Å². The topological polar surface area (TPSA) is 30.7 Å². The van der Waals surface area contributed by atoms with E-state index < -0.39 is 12.7 Å². The summed E-state index contributed by atoms with van der Waals surface area (Å²) in [6.07, 6.45) is 2.87. The van der Waals surface area contributed by atoms with Crippen molar-refractivity contribution in [1.82, 2.24) is 14.8 Å². The Kier molecular flexibility index (Phi) is 5.17. The van der Waals surface area contributed by atoms with Gasteiger partial charge < -0.3 is 0 Å². The maximum absolute atomic E-state index is 12.5. The van der Waals surface area contributed by atoms with E-state index in [9.17, 15) is 13.2 Å². The second-order valence-electron chi connectivity index (χ2n) is 4.47. The Morgan fingerprint density at radius 1 is 1.30 bits per heavy atom. The fourth-order valence-corrected chi connectivity index (χ4v) is 2.32. The van der Waals surface area contributed by atoms with E-state index in [1.807, 2.05) is 12.1 Å². The largest absolute Gasteiger partial charge is 0.334 e. The highest BCUT2D eigenvalue weighted by molar-refractivity contribution is 9.10. The molecule has 20 heavy (non-hydrogen) atoms. The summed E-state index contributed by atoms with van der Waals surface area (Å²) in [5.41, 5.74) is 1.26. The molecule has 0 unspecified atom stereocenters. The number of hydrogen-bond acceptors (Lipinski definition) is 2. The summed E-state index contributed by atoms with van der Waals surface area (Å²) in [5, 5.41) is 3.17. The fraction of sp³-hybridized carbons (Fsp3) is 0.385. The first-order chi connectivity index (χ1) is 9.56. The van der Waals surface area contributed by atoms with Crippen LogP contribution in [0.15, 0.2) is 41.4 Å². The van der Waals surface area contributed by atoms with Gasteiger partial charge in [0.25, 0.3) is 0 Å². The van der Waals surface area contributed by atoms with Gasteiger partial charge in [-0.2, -0.15) is 18.6 Å².